The summed E-state index contributed by atoms with van der Waals surface area (Å²) in [6.07, 6.45) is 62.1. The highest BCUT2D eigenvalue weighted by Crippen LogP contribution is 2.12. The normalized spacial score (nSPS) is 14.1. The molecule has 0 radical (unpaired) electrons. The smallest absolute Gasteiger partial charge is 0.362 e. The average Bonchev–Trinajstić information content (AvgIpc) is 3.23. The molecule has 0 aromatic carbocycles. The molecule has 346 valence electrons. The van der Waals surface area contributed by atoms with E-state index in [2.05, 4.69) is 98.9 Å². The average molecular weight is 859 g/mol. The topological polar surface area (TPSA) is 99.1 Å². The van der Waals surface area contributed by atoms with Gasteiger partial charge in [-0.2, -0.15) is 0 Å². The molecule has 62 heavy (non-hydrogen) atoms. The fraction of sp³-hybridized carbons (Fsp3) is 0.537. The number of quaternary nitrogens is 1. The van der Waals surface area contributed by atoms with Gasteiger partial charge in [0, 0.05) is 19.3 Å². The minimum atomic E-state index is -0.893. The molecular formula is C54H84NO7+. The SMILES string of the molecule is CC/C=C/C=C/C=C/C=C/C=C/CCCCCC(=O)OC(COCCC(C(=O)O)[N+](C)(C)C)COC(=O)CCCCCC/C=C/C/C=C/C/C=C/C/C=C/C/C=C/C/C=C/CC. The highest BCUT2D eigenvalue weighted by Gasteiger charge is 2.31. The van der Waals surface area contributed by atoms with Gasteiger partial charge in [-0.05, 0) is 83.5 Å². The van der Waals surface area contributed by atoms with Crippen LogP contribution in [0.3, 0.4) is 0 Å². The highest BCUT2D eigenvalue weighted by molar-refractivity contribution is 5.72. The van der Waals surface area contributed by atoms with Crippen LogP contribution in [0.2, 0.25) is 0 Å². The van der Waals surface area contributed by atoms with E-state index in [-0.39, 0.29) is 42.7 Å². The Morgan fingerprint density at radius 1 is 0.500 bits per heavy atom. The van der Waals surface area contributed by atoms with E-state index in [9.17, 15) is 19.5 Å². The third kappa shape index (κ3) is 40.9. The number of hydrogen-bond acceptors (Lipinski definition) is 6. The van der Waals surface area contributed by atoms with Crippen LogP contribution in [-0.2, 0) is 28.6 Å². The van der Waals surface area contributed by atoms with E-state index in [1.165, 1.54) is 0 Å². The van der Waals surface area contributed by atoms with E-state index in [0.717, 1.165) is 96.3 Å². The van der Waals surface area contributed by atoms with Crippen LogP contribution >= 0.6 is 0 Å². The number of likely N-dealkylation sites (N-methyl/N-ethyl adjacent to an activating group) is 1. The van der Waals surface area contributed by atoms with Gasteiger partial charge in [0.25, 0.3) is 0 Å². The van der Waals surface area contributed by atoms with Crippen LogP contribution in [0.25, 0.3) is 0 Å². The van der Waals surface area contributed by atoms with E-state index in [1.807, 2.05) is 69.8 Å². The van der Waals surface area contributed by atoms with Gasteiger partial charge in [-0.1, -0.05) is 167 Å². The monoisotopic (exact) mass is 859 g/mol. The number of hydrogen-bond donors (Lipinski definition) is 1. The van der Waals surface area contributed by atoms with Crippen molar-refractivity contribution in [1.82, 2.24) is 0 Å². The zero-order valence-electron chi connectivity index (χ0n) is 39.3. The summed E-state index contributed by atoms with van der Waals surface area (Å²) in [7, 11) is 5.48. The maximum absolute atomic E-state index is 12.7. The minimum absolute atomic E-state index is 0.0246. The molecular weight excluding hydrogens is 775 g/mol. The second-order valence-corrected chi connectivity index (χ2v) is 16.0. The van der Waals surface area contributed by atoms with Crippen molar-refractivity contribution >= 4 is 17.9 Å². The first kappa shape index (κ1) is 57.5. The van der Waals surface area contributed by atoms with Gasteiger partial charge in [-0.3, -0.25) is 9.59 Å². The lowest BCUT2D eigenvalue weighted by atomic mass is 10.1. The van der Waals surface area contributed by atoms with E-state index >= 15 is 0 Å². The van der Waals surface area contributed by atoms with Gasteiger partial charge in [-0.15, -0.1) is 0 Å². The number of rotatable bonds is 39. The largest absolute Gasteiger partial charge is 0.477 e. The zero-order valence-corrected chi connectivity index (χ0v) is 39.3. The minimum Gasteiger partial charge on any atom is -0.477 e. The molecule has 0 spiro atoms. The van der Waals surface area contributed by atoms with Gasteiger partial charge in [0.15, 0.2) is 12.1 Å². The number of unbranched alkanes of at least 4 members (excludes halogenated alkanes) is 7. The molecule has 1 N–H and O–H groups in total. The summed E-state index contributed by atoms with van der Waals surface area (Å²) in [5.41, 5.74) is 0. The molecule has 2 unspecified atom stereocenters. The quantitative estimate of drug-likeness (QED) is 0.0216. The fourth-order valence-electron chi connectivity index (χ4n) is 5.88. The first-order valence-corrected chi connectivity index (χ1v) is 23.3. The molecule has 0 aliphatic heterocycles. The summed E-state index contributed by atoms with van der Waals surface area (Å²) < 4.78 is 17.2. The molecule has 0 bridgehead atoms. The standard InChI is InChI=1S/C54H83NO7/c1-6-8-10-12-14-16-18-20-22-23-24-25-26-27-28-29-31-32-34-36-38-40-42-44-52(56)61-49-50(48-60-47-46-51(54(58)59)55(3,4)5)62-53(57)45-43-41-39-37-35-33-30-21-19-17-15-13-11-9-7-2/h8-11,13-17,19-22,24-25,27-28,30-33,35,50-51H,6-7,12,18,23,26,29,34,36-49H2,1-5H3/p+1/b10-8+,11-9+,15-13+,16-14+,19-17+,22-20+,25-24+,28-27+,30-21+,32-31+,35-33+. The molecule has 0 fully saturated rings. The number of allylic oxidation sites excluding steroid dienone is 22. The first-order chi connectivity index (χ1) is 30.1. The van der Waals surface area contributed by atoms with E-state index < -0.39 is 18.1 Å². The Labute approximate surface area is 377 Å². The molecule has 0 aromatic rings. The molecule has 0 aliphatic rings. The maximum Gasteiger partial charge on any atom is 0.362 e. The van der Waals surface area contributed by atoms with Gasteiger partial charge in [-0.25, -0.2) is 4.79 Å². The summed E-state index contributed by atoms with van der Waals surface area (Å²) >= 11 is 0. The van der Waals surface area contributed by atoms with Crippen LogP contribution in [0.5, 0.6) is 0 Å². The number of carbonyl (C=O) groups excluding carboxylic acids is 2. The van der Waals surface area contributed by atoms with Gasteiger partial charge in [0.1, 0.15) is 6.61 Å². The zero-order chi connectivity index (χ0) is 45.6. The number of carbonyl (C=O) groups is 3. The molecule has 8 heteroatoms. The Morgan fingerprint density at radius 2 is 0.935 bits per heavy atom. The predicted molar refractivity (Wildman–Crippen MR) is 261 cm³/mol. The van der Waals surface area contributed by atoms with E-state index in [0.29, 0.717) is 19.3 Å². The molecule has 8 nitrogen and oxygen atoms in total. The molecule has 0 saturated heterocycles. The van der Waals surface area contributed by atoms with Crippen molar-refractivity contribution in [3.05, 3.63) is 134 Å². The van der Waals surface area contributed by atoms with Crippen LogP contribution in [0, 0.1) is 0 Å². The van der Waals surface area contributed by atoms with Crippen molar-refractivity contribution in [2.75, 3.05) is 41.0 Å². The fourth-order valence-corrected chi connectivity index (χ4v) is 5.88. The number of nitrogens with zero attached hydrogens (tertiary/aromatic N) is 1. The number of carboxylic acids is 1. The number of esters is 2. The summed E-state index contributed by atoms with van der Waals surface area (Å²) in [4.78, 5) is 37.0. The van der Waals surface area contributed by atoms with Crippen LogP contribution in [0.4, 0.5) is 0 Å². The summed E-state index contributed by atoms with van der Waals surface area (Å²) in [5, 5.41) is 9.63. The third-order valence-corrected chi connectivity index (χ3v) is 9.42. The van der Waals surface area contributed by atoms with Crippen molar-refractivity contribution in [2.24, 2.45) is 0 Å². The molecule has 0 saturated carbocycles. The van der Waals surface area contributed by atoms with Crippen molar-refractivity contribution in [3.8, 4) is 0 Å². The van der Waals surface area contributed by atoms with Crippen LogP contribution in [0.15, 0.2) is 134 Å². The number of aliphatic carboxylic acids is 1. The molecule has 2 atom stereocenters. The molecule has 0 rings (SSSR count). The molecule has 0 aromatic heterocycles. The van der Waals surface area contributed by atoms with Crippen molar-refractivity contribution in [1.29, 1.82) is 0 Å². The van der Waals surface area contributed by atoms with Crippen molar-refractivity contribution in [3.63, 3.8) is 0 Å². The van der Waals surface area contributed by atoms with E-state index in [1.54, 1.807) is 0 Å². The Kier molecular flexibility index (Phi) is 40.0. The van der Waals surface area contributed by atoms with Gasteiger partial charge in [0.05, 0.1) is 34.4 Å². The van der Waals surface area contributed by atoms with Crippen LogP contribution in [0.1, 0.15) is 136 Å². The number of carboxylic acid groups (broad SMARTS) is 1. The summed E-state index contributed by atoms with van der Waals surface area (Å²) in [5.74, 6) is -1.58. The number of ether oxygens (including phenoxy) is 3. The van der Waals surface area contributed by atoms with Gasteiger partial charge < -0.3 is 23.8 Å². The molecule has 0 heterocycles. The lowest BCUT2D eigenvalue weighted by Gasteiger charge is -2.31. The molecule has 0 amide bonds. The highest BCUT2D eigenvalue weighted by atomic mass is 16.6. The van der Waals surface area contributed by atoms with Crippen molar-refractivity contribution in [2.45, 2.75) is 148 Å². The van der Waals surface area contributed by atoms with Gasteiger partial charge >= 0.3 is 17.9 Å². The first-order valence-electron chi connectivity index (χ1n) is 23.3. The van der Waals surface area contributed by atoms with Crippen LogP contribution < -0.4 is 0 Å². The molecule has 0 aliphatic carbocycles. The summed E-state index contributed by atoms with van der Waals surface area (Å²) in [6.45, 7) is 4.37. The van der Waals surface area contributed by atoms with E-state index in [4.69, 9.17) is 14.2 Å². The Balaban J connectivity index is 4.44. The Morgan fingerprint density at radius 3 is 1.45 bits per heavy atom. The maximum atomic E-state index is 12.7. The van der Waals surface area contributed by atoms with Crippen molar-refractivity contribution < 1.29 is 38.2 Å². The van der Waals surface area contributed by atoms with Crippen LogP contribution in [-0.4, -0.2) is 80.6 Å². The predicted octanol–water partition coefficient (Wildman–Crippen LogP) is 13.2. The Hall–Kier alpha value is -4.53. The van der Waals surface area contributed by atoms with Gasteiger partial charge in [0.2, 0.25) is 0 Å². The third-order valence-electron chi connectivity index (χ3n) is 9.42. The second-order valence-electron chi connectivity index (χ2n) is 16.0. The lowest BCUT2D eigenvalue weighted by molar-refractivity contribution is -0.887. The summed E-state index contributed by atoms with van der Waals surface area (Å²) in [6, 6.07) is -0.637. The Bertz CT molecular complexity index is 1470. The lowest BCUT2D eigenvalue weighted by Crippen LogP contribution is -2.50. The second kappa shape index (κ2) is 43.1.